The lowest BCUT2D eigenvalue weighted by Crippen LogP contribution is -2.23. The number of ether oxygens (including phenoxy) is 3. The third-order valence-corrected chi connectivity index (χ3v) is 6.47. The van der Waals surface area contributed by atoms with Crippen molar-refractivity contribution in [1.82, 2.24) is 14.6 Å². The summed E-state index contributed by atoms with van der Waals surface area (Å²) >= 11 is 1.31. The fourth-order valence-corrected chi connectivity index (χ4v) is 4.54. The summed E-state index contributed by atoms with van der Waals surface area (Å²) < 4.78 is 18.9. The fraction of sp³-hybridized carbons (Fsp3) is 0.370. The van der Waals surface area contributed by atoms with E-state index < -0.39 is 0 Å². The Labute approximate surface area is 209 Å². The molecule has 2 aromatic heterocycles. The van der Waals surface area contributed by atoms with E-state index in [0.717, 1.165) is 36.1 Å². The van der Waals surface area contributed by atoms with Crippen LogP contribution in [0.2, 0.25) is 0 Å². The van der Waals surface area contributed by atoms with Crippen LogP contribution in [-0.4, -0.2) is 34.9 Å². The van der Waals surface area contributed by atoms with Gasteiger partial charge in [0.25, 0.3) is 5.56 Å². The molecule has 0 aliphatic heterocycles. The summed E-state index contributed by atoms with van der Waals surface area (Å²) in [4.78, 5) is 18.1. The van der Waals surface area contributed by atoms with Gasteiger partial charge < -0.3 is 14.2 Å². The lowest BCUT2D eigenvalue weighted by atomic mass is 10.2. The third kappa shape index (κ3) is 6.00. The zero-order valence-electron chi connectivity index (χ0n) is 20.5. The van der Waals surface area contributed by atoms with Gasteiger partial charge in [0.15, 0.2) is 17.3 Å². The van der Waals surface area contributed by atoms with Gasteiger partial charge in [-0.05, 0) is 60.9 Å². The van der Waals surface area contributed by atoms with E-state index in [1.165, 1.54) is 28.7 Å². The number of methoxy groups -OCH3 is 1. The molecule has 2 aromatic carbocycles. The van der Waals surface area contributed by atoms with Crippen molar-refractivity contribution in [3.8, 4) is 28.6 Å². The van der Waals surface area contributed by atoms with Gasteiger partial charge in [-0.1, -0.05) is 50.5 Å². The van der Waals surface area contributed by atoms with Gasteiger partial charge in [0.1, 0.15) is 5.75 Å². The fourth-order valence-electron chi connectivity index (χ4n) is 3.63. The van der Waals surface area contributed by atoms with Crippen molar-refractivity contribution in [1.29, 1.82) is 0 Å². The van der Waals surface area contributed by atoms with Crippen LogP contribution in [0.15, 0.2) is 47.3 Å². The van der Waals surface area contributed by atoms with Gasteiger partial charge in [0.2, 0.25) is 4.96 Å². The van der Waals surface area contributed by atoms with E-state index in [4.69, 9.17) is 14.2 Å². The van der Waals surface area contributed by atoms with Crippen LogP contribution in [-0.2, 0) is 0 Å². The standard InChI is InChI=1S/C27H31N3O4S/c1-4-6-7-8-16-34-22-14-9-19(17-23(22)32-3)18-24-26(31)30-27(35-24)28-25(29-30)20-10-12-21(13-11-20)33-15-5-2/h9-14,17-18H,4-8,15-16H2,1-3H3/b24-18-. The average molecular weight is 494 g/mol. The lowest BCUT2D eigenvalue weighted by Gasteiger charge is -2.11. The maximum Gasteiger partial charge on any atom is 0.291 e. The third-order valence-electron chi connectivity index (χ3n) is 5.51. The topological polar surface area (TPSA) is 75.0 Å². The number of unbranched alkanes of at least 4 members (excludes halogenated alkanes) is 3. The number of thiazole rings is 1. The first kappa shape index (κ1) is 24.7. The van der Waals surface area contributed by atoms with E-state index >= 15 is 0 Å². The van der Waals surface area contributed by atoms with E-state index in [1.54, 1.807) is 7.11 Å². The second-order valence-electron chi connectivity index (χ2n) is 8.24. The Hall–Kier alpha value is -3.39. The molecule has 0 spiro atoms. The molecule has 184 valence electrons. The first-order valence-corrected chi connectivity index (χ1v) is 12.9. The van der Waals surface area contributed by atoms with Crippen LogP contribution in [0.1, 0.15) is 51.5 Å². The molecule has 0 aliphatic rings. The minimum Gasteiger partial charge on any atom is -0.494 e. The number of nitrogens with zero attached hydrogens (tertiary/aromatic N) is 3. The maximum atomic E-state index is 13.0. The summed E-state index contributed by atoms with van der Waals surface area (Å²) in [5.41, 5.74) is 1.50. The first-order valence-electron chi connectivity index (χ1n) is 12.1. The number of rotatable bonds is 12. The van der Waals surface area contributed by atoms with E-state index in [1.807, 2.05) is 48.5 Å². The molecule has 0 radical (unpaired) electrons. The zero-order valence-corrected chi connectivity index (χ0v) is 21.3. The van der Waals surface area contributed by atoms with Crippen molar-refractivity contribution in [2.24, 2.45) is 0 Å². The minimum atomic E-state index is -0.193. The Balaban J connectivity index is 1.52. The quantitative estimate of drug-likeness (QED) is 0.255. The van der Waals surface area contributed by atoms with Gasteiger partial charge in [-0.15, -0.1) is 5.10 Å². The Morgan fingerprint density at radius 1 is 0.943 bits per heavy atom. The lowest BCUT2D eigenvalue weighted by molar-refractivity contribution is 0.285. The second kappa shape index (κ2) is 11.8. The molecule has 0 bridgehead atoms. The monoisotopic (exact) mass is 493 g/mol. The summed E-state index contributed by atoms with van der Waals surface area (Å²) in [6, 6.07) is 13.3. The van der Waals surface area contributed by atoms with Crippen molar-refractivity contribution in [2.45, 2.75) is 46.0 Å². The smallest absolute Gasteiger partial charge is 0.291 e. The number of benzene rings is 2. The highest BCUT2D eigenvalue weighted by atomic mass is 32.1. The molecule has 0 fully saturated rings. The molecular weight excluding hydrogens is 462 g/mol. The van der Waals surface area contributed by atoms with Crippen molar-refractivity contribution >= 4 is 22.4 Å². The van der Waals surface area contributed by atoms with Crippen LogP contribution in [0.4, 0.5) is 0 Å². The van der Waals surface area contributed by atoms with E-state index in [0.29, 0.717) is 40.0 Å². The summed E-state index contributed by atoms with van der Waals surface area (Å²) in [5.74, 6) is 2.68. The Bertz CT molecular complexity index is 1360. The van der Waals surface area contributed by atoms with E-state index in [-0.39, 0.29) is 5.56 Å². The molecule has 0 unspecified atom stereocenters. The molecule has 7 nitrogen and oxygen atoms in total. The molecule has 4 aromatic rings. The largest absolute Gasteiger partial charge is 0.494 e. The highest BCUT2D eigenvalue weighted by Gasteiger charge is 2.13. The minimum absolute atomic E-state index is 0.193. The first-order chi connectivity index (χ1) is 17.1. The van der Waals surface area contributed by atoms with E-state index in [9.17, 15) is 4.79 Å². The van der Waals surface area contributed by atoms with Crippen molar-refractivity contribution in [2.75, 3.05) is 20.3 Å². The molecule has 0 N–H and O–H groups in total. The summed E-state index contributed by atoms with van der Waals surface area (Å²) in [7, 11) is 1.62. The summed E-state index contributed by atoms with van der Waals surface area (Å²) in [6.45, 7) is 5.60. The Morgan fingerprint density at radius 3 is 2.49 bits per heavy atom. The van der Waals surface area contributed by atoms with Gasteiger partial charge in [-0.2, -0.15) is 9.50 Å². The Kier molecular flexibility index (Phi) is 8.36. The Morgan fingerprint density at radius 2 is 1.77 bits per heavy atom. The van der Waals surface area contributed by atoms with E-state index in [2.05, 4.69) is 23.9 Å². The molecule has 4 rings (SSSR count). The van der Waals surface area contributed by atoms with Crippen LogP contribution in [0.25, 0.3) is 22.4 Å². The number of aromatic nitrogens is 3. The number of fused-ring (bicyclic) bond motifs is 1. The van der Waals surface area contributed by atoms with Gasteiger partial charge >= 0.3 is 0 Å². The number of hydrogen-bond donors (Lipinski definition) is 0. The highest BCUT2D eigenvalue weighted by Crippen LogP contribution is 2.28. The SMILES string of the molecule is CCCCCCOc1ccc(/C=c2\sc3nc(-c4ccc(OCCC)cc4)nn3c2=O)cc1OC. The molecule has 0 amide bonds. The summed E-state index contributed by atoms with van der Waals surface area (Å²) in [5, 5.41) is 4.44. The number of hydrogen-bond acceptors (Lipinski definition) is 7. The van der Waals surface area contributed by atoms with Gasteiger partial charge in [-0.25, -0.2) is 0 Å². The predicted octanol–water partition coefficient (Wildman–Crippen LogP) is 5.12. The maximum absolute atomic E-state index is 13.0. The second-order valence-corrected chi connectivity index (χ2v) is 9.25. The van der Waals surface area contributed by atoms with Gasteiger partial charge in [0, 0.05) is 5.56 Å². The van der Waals surface area contributed by atoms with Crippen LogP contribution in [0.3, 0.4) is 0 Å². The molecule has 0 atom stereocenters. The average Bonchev–Trinajstić information content (AvgIpc) is 3.42. The molecule has 8 heteroatoms. The zero-order chi connectivity index (χ0) is 24.6. The van der Waals surface area contributed by atoms with Crippen molar-refractivity contribution in [3.63, 3.8) is 0 Å². The van der Waals surface area contributed by atoms with Crippen molar-refractivity contribution in [3.05, 3.63) is 62.9 Å². The normalized spacial score (nSPS) is 11.8. The summed E-state index contributed by atoms with van der Waals surface area (Å²) in [6.07, 6.45) is 7.37. The van der Waals surface area contributed by atoms with Gasteiger partial charge in [0.05, 0.1) is 24.9 Å². The van der Waals surface area contributed by atoms with Gasteiger partial charge in [-0.3, -0.25) is 4.79 Å². The highest BCUT2D eigenvalue weighted by molar-refractivity contribution is 7.15. The molecule has 2 heterocycles. The molecule has 0 saturated heterocycles. The molecule has 35 heavy (non-hydrogen) atoms. The van der Waals surface area contributed by atoms with Crippen LogP contribution < -0.4 is 24.3 Å². The molecule has 0 saturated carbocycles. The molecule has 0 aliphatic carbocycles. The van der Waals surface area contributed by atoms with Crippen molar-refractivity contribution < 1.29 is 14.2 Å². The molecular formula is C27H31N3O4S. The predicted molar refractivity (Wildman–Crippen MR) is 140 cm³/mol. The van der Waals surface area contributed by atoms with Crippen LogP contribution >= 0.6 is 11.3 Å². The van der Waals surface area contributed by atoms with Crippen LogP contribution in [0.5, 0.6) is 17.2 Å². The van der Waals surface area contributed by atoms with Crippen LogP contribution in [0, 0.1) is 0 Å².